The Hall–Kier alpha value is -4.36. The monoisotopic (exact) mass is 516 g/mol. The van der Waals surface area contributed by atoms with Crippen molar-refractivity contribution in [2.24, 2.45) is 0 Å². The first-order valence-electron chi connectivity index (χ1n) is 13.5. The van der Waals surface area contributed by atoms with E-state index in [2.05, 4.69) is 48.2 Å². The Kier molecular flexibility index (Phi) is 5.93. The number of aryl methyl sites for hydroxylation is 1. The van der Waals surface area contributed by atoms with Crippen LogP contribution in [0.3, 0.4) is 0 Å². The molecule has 0 radical (unpaired) electrons. The number of likely N-dealkylation sites (tertiary alicyclic amines) is 1. The molecule has 0 amide bonds. The first-order valence-corrected chi connectivity index (χ1v) is 13.5. The molecule has 5 heterocycles. The van der Waals surface area contributed by atoms with E-state index in [9.17, 15) is 4.39 Å². The van der Waals surface area contributed by atoms with E-state index in [1.807, 2.05) is 49.8 Å². The highest BCUT2D eigenvalue weighted by molar-refractivity contribution is 6.01. The lowest BCUT2D eigenvalue weighted by Gasteiger charge is -2.26. The normalized spacial score (nSPS) is 14.4. The molecule has 2 N–H and O–H groups in total. The molecule has 0 saturated carbocycles. The fourth-order valence-electron chi connectivity index (χ4n) is 5.80. The standard InChI is InChI=1S/C32H29FN6/c1-20-10-22(13-25(33)11-20)26-6-5-7-29-27(26)15-30(36-29)31-28-14-24(18-35-32(28)38-37-31)23-12-21(16-34-17-23)19-39-8-3-2-4-9-39/h5-7,10-18,36H,2-4,8-9,19H2,1H3,(H,35,37,38). The molecule has 2 aromatic carbocycles. The third kappa shape index (κ3) is 4.59. The number of aromatic nitrogens is 5. The highest BCUT2D eigenvalue weighted by atomic mass is 19.1. The van der Waals surface area contributed by atoms with Crippen molar-refractivity contribution in [1.82, 2.24) is 30.0 Å². The number of nitrogens with zero attached hydrogens (tertiary/aromatic N) is 4. The van der Waals surface area contributed by atoms with Gasteiger partial charge >= 0.3 is 0 Å². The van der Waals surface area contributed by atoms with E-state index in [0.29, 0.717) is 0 Å². The minimum atomic E-state index is -0.232. The summed E-state index contributed by atoms with van der Waals surface area (Å²) in [6.45, 7) is 5.15. The van der Waals surface area contributed by atoms with Crippen molar-refractivity contribution in [3.63, 3.8) is 0 Å². The van der Waals surface area contributed by atoms with Crippen molar-refractivity contribution < 1.29 is 4.39 Å². The number of hydrogen-bond acceptors (Lipinski definition) is 4. The zero-order valence-electron chi connectivity index (χ0n) is 21.8. The number of halogens is 1. The Morgan fingerprint density at radius 2 is 1.74 bits per heavy atom. The van der Waals surface area contributed by atoms with E-state index in [1.165, 1.54) is 24.8 Å². The number of piperidine rings is 1. The van der Waals surface area contributed by atoms with Crippen molar-refractivity contribution in [1.29, 1.82) is 0 Å². The highest BCUT2D eigenvalue weighted by Crippen LogP contribution is 2.35. The average molecular weight is 517 g/mol. The van der Waals surface area contributed by atoms with Gasteiger partial charge in [0.15, 0.2) is 5.65 Å². The number of hydrogen-bond donors (Lipinski definition) is 2. The second kappa shape index (κ2) is 9.75. The topological polar surface area (TPSA) is 73.5 Å². The Bertz CT molecular complexity index is 1790. The number of fused-ring (bicyclic) bond motifs is 2. The molecule has 0 bridgehead atoms. The molecule has 4 aromatic heterocycles. The molecular formula is C32H29FN6. The number of pyridine rings is 2. The van der Waals surface area contributed by atoms with E-state index >= 15 is 0 Å². The van der Waals surface area contributed by atoms with Crippen LogP contribution in [0.2, 0.25) is 0 Å². The molecule has 7 rings (SSSR count). The molecule has 0 aliphatic carbocycles. The van der Waals surface area contributed by atoms with Crippen molar-refractivity contribution in [3.05, 3.63) is 90.1 Å². The van der Waals surface area contributed by atoms with Gasteiger partial charge in [0, 0.05) is 52.6 Å². The first-order chi connectivity index (χ1) is 19.1. The maximum atomic E-state index is 14.2. The molecule has 0 atom stereocenters. The van der Waals surface area contributed by atoms with Gasteiger partial charge in [-0.3, -0.25) is 15.0 Å². The molecule has 0 unspecified atom stereocenters. The van der Waals surface area contributed by atoms with Crippen LogP contribution in [0.5, 0.6) is 0 Å². The van der Waals surface area contributed by atoms with Gasteiger partial charge in [0.2, 0.25) is 0 Å². The fraction of sp³-hybridized carbons (Fsp3) is 0.219. The van der Waals surface area contributed by atoms with Crippen LogP contribution in [0.25, 0.3) is 55.6 Å². The molecule has 1 aliphatic rings. The molecule has 6 nitrogen and oxygen atoms in total. The molecule has 39 heavy (non-hydrogen) atoms. The molecule has 0 spiro atoms. The van der Waals surface area contributed by atoms with Crippen LogP contribution < -0.4 is 0 Å². The van der Waals surface area contributed by atoms with Crippen molar-refractivity contribution in [2.75, 3.05) is 13.1 Å². The summed E-state index contributed by atoms with van der Waals surface area (Å²) in [4.78, 5) is 15.3. The molecule has 1 aliphatic heterocycles. The van der Waals surface area contributed by atoms with Crippen LogP contribution in [-0.4, -0.2) is 43.1 Å². The van der Waals surface area contributed by atoms with Gasteiger partial charge in [0.1, 0.15) is 11.5 Å². The third-order valence-corrected chi connectivity index (χ3v) is 7.67. The molecule has 7 heteroatoms. The van der Waals surface area contributed by atoms with E-state index < -0.39 is 0 Å². The first kappa shape index (κ1) is 23.7. The van der Waals surface area contributed by atoms with E-state index in [-0.39, 0.29) is 5.82 Å². The zero-order chi connectivity index (χ0) is 26.3. The Labute approximate surface area is 225 Å². The summed E-state index contributed by atoms with van der Waals surface area (Å²) in [6.07, 6.45) is 9.62. The Balaban J connectivity index is 1.26. The lowest BCUT2D eigenvalue weighted by molar-refractivity contribution is 0.220. The Morgan fingerprint density at radius 1 is 0.872 bits per heavy atom. The van der Waals surface area contributed by atoms with Crippen LogP contribution in [0.15, 0.2) is 73.2 Å². The lowest BCUT2D eigenvalue weighted by atomic mass is 9.99. The smallest absolute Gasteiger partial charge is 0.155 e. The summed E-state index contributed by atoms with van der Waals surface area (Å²) in [5.41, 5.74) is 9.38. The zero-order valence-corrected chi connectivity index (χ0v) is 21.8. The predicted molar refractivity (Wildman–Crippen MR) is 154 cm³/mol. The van der Waals surface area contributed by atoms with Crippen LogP contribution in [0.1, 0.15) is 30.4 Å². The minimum Gasteiger partial charge on any atom is -0.353 e. The van der Waals surface area contributed by atoms with Crippen molar-refractivity contribution in [3.8, 4) is 33.6 Å². The van der Waals surface area contributed by atoms with Crippen LogP contribution in [-0.2, 0) is 6.54 Å². The third-order valence-electron chi connectivity index (χ3n) is 7.67. The number of nitrogens with one attached hydrogen (secondary N) is 2. The fourth-order valence-corrected chi connectivity index (χ4v) is 5.80. The molecule has 6 aromatic rings. The number of aromatic amines is 2. The van der Waals surface area contributed by atoms with E-state index in [0.717, 1.165) is 80.8 Å². The van der Waals surface area contributed by atoms with Gasteiger partial charge in [0.05, 0.1) is 5.69 Å². The maximum absolute atomic E-state index is 14.2. The average Bonchev–Trinajstić information content (AvgIpc) is 3.57. The van der Waals surface area contributed by atoms with Gasteiger partial charge in [-0.25, -0.2) is 9.37 Å². The molecule has 1 saturated heterocycles. The molecule has 1 fully saturated rings. The second-order valence-corrected chi connectivity index (χ2v) is 10.6. The minimum absolute atomic E-state index is 0.232. The van der Waals surface area contributed by atoms with Crippen LogP contribution in [0.4, 0.5) is 4.39 Å². The maximum Gasteiger partial charge on any atom is 0.155 e. The summed E-state index contributed by atoms with van der Waals surface area (Å²) in [7, 11) is 0. The van der Waals surface area contributed by atoms with Crippen molar-refractivity contribution >= 4 is 21.9 Å². The number of rotatable bonds is 5. The van der Waals surface area contributed by atoms with Gasteiger partial charge in [-0.2, -0.15) is 5.10 Å². The highest BCUT2D eigenvalue weighted by Gasteiger charge is 2.16. The van der Waals surface area contributed by atoms with E-state index in [1.54, 1.807) is 12.1 Å². The Morgan fingerprint density at radius 3 is 2.62 bits per heavy atom. The summed E-state index contributed by atoms with van der Waals surface area (Å²) in [5.74, 6) is -0.232. The summed E-state index contributed by atoms with van der Waals surface area (Å²) in [5, 5.41) is 9.66. The van der Waals surface area contributed by atoms with Crippen LogP contribution in [0, 0.1) is 12.7 Å². The van der Waals surface area contributed by atoms with Gasteiger partial charge in [-0.05, 0) is 91.5 Å². The molecule has 194 valence electrons. The second-order valence-electron chi connectivity index (χ2n) is 10.6. The van der Waals surface area contributed by atoms with Gasteiger partial charge in [-0.1, -0.05) is 24.6 Å². The van der Waals surface area contributed by atoms with Gasteiger partial charge < -0.3 is 4.98 Å². The quantitative estimate of drug-likeness (QED) is 0.253. The number of benzene rings is 2. The van der Waals surface area contributed by atoms with Gasteiger partial charge in [0.25, 0.3) is 0 Å². The molecular weight excluding hydrogens is 487 g/mol. The van der Waals surface area contributed by atoms with Crippen molar-refractivity contribution in [2.45, 2.75) is 32.7 Å². The SMILES string of the molecule is Cc1cc(F)cc(-c2cccc3[nH]c(-c4n[nH]c5ncc(-c6cncc(CN7CCCCC7)c6)cc45)cc23)c1. The van der Waals surface area contributed by atoms with E-state index in [4.69, 9.17) is 0 Å². The van der Waals surface area contributed by atoms with Crippen LogP contribution >= 0.6 is 0 Å². The van der Waals surface area contributed by atoms with Gasteiger partial charge in [-0.15, -0.1) is 0 Å². The lowest BCUT2D eigenvalue weighted by Crippen LogP contribution is -2.29. The predicted octanol–water partition coefficient (Wildman–Crippen LogP) is 7.27. The largest absolute Gasteiger partial charge is 0.353 e. The summed E-state index contributed by atoms with van der Waals surface area (Å²) >= 11 is 0. The number of H-pyrrole nitrogens is 2. The summed E-state index contributed by atoms with van der Waals surface area (Å²) < 4.78 is 14.2. The summed E-state index contributed by atoms with van der Waals surface area (Å²) in [6, 6.07) is 17.6.